The molecule has 0 heterocycles. The van der Waals surface area contributed by atoms with Gasteiger partial charge < -0.3 is 37.6 Å². The zero-order valence-electron chi connectivity index (χ0n) is 14.0. The van der Waals surface area contributed by atoms with E-state index >= 15 is 0 Å². The molecule has 9 N–H and O–H groups in total. The van der Waals surface area contributed by atoms with Gasteiger partial charge in [-0.3, -0.25) is 19.2 Å². The molecule has 0 saturated carbocycles. The third kappa shape index (κ3) is 8.64. The maximum Gasteiger partial charge on any atom is 0.327 e. The number of primary amides is 1. The molecule has 4 unspecified atom stereocenters. The Morgan fingerprint density at radius 3 is 2.08 bits per heavy atom. The minimum Gasteiger partial charge on any atom is -0.480 e. The second-order valence-electron chi connectivity index (χ2n) is 5.36. The van der Waals surface area contributed by atoms with Crippen LogP contribution < -0.4 is 27.4 Å². The summed E-state index contributed by atoms with van der Waals surface area (Å²) in [5, 5.41) is 24.5. The van der Waals surface area contributed by atoms with E-state index in [1.165, 1.54) is 6.92 Å². The van der Waals surface area contributed by atoms with Crippen LogP contribution in [0.2, 0.25) is 0 Å². The number of carbonyl (C=O) groups is 5. The number of aliphatic carboxylic acids is 1. The molecule has 0 saturated heterocycles. The lowest BCUT2D eigenvalue weighted by molar-refractivity contribution is -0.141. The zero-order chi connectivity index (χ0) is 20.4. The van der Waals surface area contributed by atoms with Gasteiger partial charge in [-0.25, -0.2) is 4.79 Å². The van der Waals surface area contributed by atoms with E-state index in [2.05, 4.69) is 28.6 Å². The van der Waals surface area contributed by atoms with Gasteiger partial charge in [0.1, 0.15) is 18.1 Å². The van der Waals surface area contributed by atoms with Gasteiger partial charge in [0.15, 0.2) is 0 Å². The van der Waals surface area contributed by atoms with Gasteiger partial charge in [0.25, 0.3) is 0 Å². The van der Waals surface area contributed by atoms with Crippen LogP contribution in [-0.4, -0.2) is 76.3 Å². The Morgan fingerprint density at radius 2 is 1.65 bits per heavy atom. The van der Waals surface area contributed by atoms with Crippen LogP contribution in [0.3, 0.4) is 0 Å². The van der Waals surface area contributed by atoms with Crippen molar-refractivity contribution >= 4 is 42.2 Å². The highest BCUT2D eigenvalue weighted by Gasteiger charge is 2.27. The zero-order valence-corrected chi connectivity index (χ0v) is 14.9. The molecule has 0 aromatic heterocycles. The molecule has 0 aliphatic heterocycles. The van der Waals surface area contributed by atoms with Crippen LogP contribution >= 0.6 is 12.6 Å². The van der Waals surface area contributed by atoms with Gasteiger partial charge in [0.05, 0.1) is 19.1 Å². The molecular weight excluding hydrogens is 370 g/mol. The molecule has 26 heavy (non-hydrogen) atoms. The molecule has 148 valence electrons. The Bertz CT molecular complexity index is 557. The lowest BCUT2D eigenvalue weighted by Gasteiger charge is -2.21. The summed E-state index contributed by atoms with van der Waals surface area (Å²) in [4.78, 5) is 57.3. The average Bonchev–Trinajstić information content (AvgIpc) is 2.55. The molecule has 0 aliphatic rings. The largest absolute Gasteiger partial charge is 0.480 e. The fourth-order valence-corrected chi connectivity index (χ4v) is 1.87. The Morgan fingerprint density at radius 1 is 1.08 bits per heavy atom. The van der Waals surface area contributed by atoms with Crippen molar-refractivity contribution in [3.05, 3.63) is 0 Å². The molecule has 0 rings (SSSR count). The smallest absolute Gasteiger partial charge is 0.327 e. The van der Waals surface area contributed by atoms with Gasteiger partial charge in [-0.2, -0.15) is 12.6 Å². The van der Waals surface area contributed by atoms with Gasteiger partial charge >= 0.3 is 5.97 Å². The van der Waals surface area contributed by atoms with Crippen LogP contribution in [-0.2, 0) is 24.0 Å². The van der Waals surface area contributed by atoms with Crippen LogP contribution in [0.25, 0.3) is 0 Å². The van der Waals surface area contributed by atoms with Crippen molar-refractivity contribution in [1.82, 2.24) is 16.0 Å². The summed E-state index contributed by atoms with van der Waals surface area (Å²) in [7, 11) is 0. The number of carbonyl (C=O) groups excluding carboxylic acids is 4. The van der Waals surface area contributed by atoms with E-state index < -0.39 is 66.8 Å². The first-order valence-electron chi connectivity index (χ1n) is 7.42. The second kappa shape index (κ2) is 11.3. The van der Waals surface area contributed by atoms with Gasteiger partial charge in [-0.1, -0.05) is 0 Å². The molecule has 0 aromatic carbocycles. The Balaban J connectivity index is 4.79. The number of aliphatic hydroxyl groups excluding tert-OH is 1. The third-order valence-corrected chi connectivity index (χ3v) is 3.46. The van der Waals surface area contributed by atoms with E-state index in [-0.39, 0.29) is 5.75 Å². The minimum absolute atomic E-state index is 0.160. The summed E-state index contributed by atoms with van der Waals surface area (Å²) in [6, 6.07) is -4.00. The molecule has 0 aromatic rings. The molecule has 4 atom stereocenters. The SMILES string of the molecule is CC(O)C(N)C(=O)NC(CC(N)=O)C(=O)NCC(=O)NC(CS)C(=O)O. The third-order valence-electron chi connectivity index (χ3n) is 3.10. The van der Waals surface area contributed by atoms with Crippen LogP contribution in [0.15, 0.2) is 0 Å². The highest BCUT2D eigenvalue weighted by molar-refractivity contribution is 7.80. The topological polar surface area (TPSA) is 214 Å². The molecule has 0 bridgehead atoms. The van der Waals surface area contributed by atoms with E-state index in [0.717, 1.165) is 0 Å². The van der Waals surface area contributed by atoms with Crippen molar-refractivity contribution in [2.75, 3.05) is 12.3 Å². The van der Waals surface area contributed by atoms with Crippen molar-refractivity contribution in [3.63, 3.8) is 0 Å². The van der Waals surface area contributed by atoms with Gasteiger partial charge in [0, 0.05) is 5.75 Å². The average molecular weight is 393 g/mol. The number of hydrogen-bond donors (Lipinski definition) is 8. The van der Waals surface area contributed by atoms with Crippen molar-refractivity contribution in [1.29, 1.82) is 0 Å². The maximum absolute atomic E-state index is 12.1. The number of carboxylic acids is 1. The summed E-state index contributed by atoms with van der Waals surface area (Å²) in [6.07, 6.45) is -1.77. The lowest BCUT2D eigenvalue weighted by Crippen LogP contribution is -2.56. The summed E-state index contributed by atoms with van der Waals surface area (Å²) >= 11 is 3.77. The fraction of sp³-hybridized carbons (Fsp3) is 0.615. The van der Waals surface area contributed by atoms with Gasteiger partial charge in [-0.15, -0.1) is 0 Å². The van der Waals surface area contributed by atoms with E-state index in [1.807, 2.05) is 0 Å². The number of aliphatic hydroxyl groups is 1. The molecule has 0 aliphatic carbocycles. The normalized spacial score (nSPS) is 15.1. The number of amides is 4. The quantitative estimate of drug-likeness (QED) is 0.160. The Hall–Kier alpha value is -2.38. The Kier molecular flexibility index (Phi) is 10.2. The second-order valence-corrected chi connectivity index (χ2v) is 5.72. The molecular formula is C13H23N5O7S. The standard InChI is InChI=1S/C13H23N5O7S/c1-5(19)10(15)12(23)18-6(2-8(14)20)11(22)16-3-9(21)17-7(4-26)13(24)25/h5-7,10,19,26H,2-4,15H2,1H3,(H2,14,20)(H,16,22)(H,17,21)(H,18,23)(H,24,25). The molecule has 4 amide bonds. The summed E-state index contributed by atoms with van der Waals surface area (Å²) in [5.41, 5.74) is 10.4. The van der Waals surface area contributed by atoms with Gasteiger partial charge in [-0.05, 0) is 6.92 Å². The van der Waals surface area contributed by atoms with Crippen LogP contribution in [0.4, 0.5) is 0 Å². The number of hydrogen-bond acceptors (Lipinski definition) is 8. The summed E-state index contributed by atoms with van der Waals surface area (Å²) in [6.45, 7) is 0.655. The first-order valence-corrected chi connectivity index (χ1v) is 8.05. The van der Waals surface area contributed by atoms with E-state index in [4.69, 9.17) is 16.6 Å². The van der Waals surface area contributed by atoms with Crippen molar-refractivity contribution < 1.29 is 34.2 Å². The first-order chi connectivity index (χ1) is 12.0. The van der Waals surface area contributed by atoms with E-state index in [1.54, 1.807) is 0 Å². The molecule has 0 radical (unpaired) electrons. The summed E-state index contributed by atoms with van der Waals surface area (Å²) < 4.78 is 0. The number of nitrogens with two attached hydrogens (primary N) is 2. The van der Waals surface area contributed by atoms with E-state index in [0.29, 0.717) is 0 Å². The van der Waals surface area contributed by atoms with Crippen LogP contribution in [0.1, 0.15) is 13.3 Å². The maximum atomic E-state index is 12.1. The molecule has 0 spiro atoms. The molecule has 0 fully saturated rings. The first kappa shape index (κ1) is 23.6. The predicted octanol–water partition coefficient (Wildman–Crippen LogP) is -4.33. The lowest BCUT2D eigenvalue weighted by atomic mass is 10.1. The monoisotopic (exact) mass is 393 g/mol. The number of rotatable bonds is 11. The van der Waals surface area contributed by atoms with Crippen molar-refractivity contribution in [3.8, 4) is 0 Å². The fourth-order valence-electron chi connectivity index (χ4n) is 1.62. The van der Waals surface area contributed by atoms with Crippen molar-refractivity contribution in [2.45, 2.75) is 37.6 Å². The Labute approximate surface area is 154 Å². The van der Waals surface area contributed by atoms with Crippen LogP contribution in [0.5, 0.6) is 0 Å². The molecule has 12 nitrogen and oxygen atoms in total. The van der Waals surface area contributed by atoms with E-state index in [9.17, 15) is 29.1 Å². The minimum atomic E-state index is -1.42. The number of nitrogens with one attached hydrogen (secondary N) is 3. The molecule has 13 heteroatoms. The highest BCUT2D eigenvalue weighted by atomic mass is 32.1. The number of thiol groups is 1. The van der Waals surface area contributed by atoms with Crippen LogP contribution in [0, 0.1) is 0 Å². The van der Waals surface area contributed by atoms with Gasteiger partial charge in [0.2, 0.25) is 23.6 Å². The number of carboxylic acid groups (broad SMARTS) is 1. The highest BCUT2D eigenvalue weighted by Crippen LogP contribution is 1.96. The van der Waals surface area contributed by atoms with Crippen molar-refractivity contribution in [2.24, 2.45) is 11.5 Å². The predicted molar refractivity (Wildman–Crippen MR) is 91.8 cm³/mol. The summed E-state index contributed by atoms with van der Waals surface area (Å²) in [5.74, 6) is -4.99.